The molecule has 1 aromatic heterocycles. The molecule has 30 heavy (non-hydrogen) atoms. The molecular weight excluding hydrogens is 382 g/mol. The molecule has 0 bridgehead atoms. The van der Waals surface area contributed by atoms with E-state index in [4.69, 9.17) is 4.74 Å². The lowest BCUT2D eigenvalue weighted by molar-refractivity contribution is 0.0981. The average molecular weight is 409 g/mol. The summed E-state index contributed by atoms with van der Waals surface area (Å²) in [5.74, 6) is 0.947. The number of benzene rings is 1. The Bertz CT molecular complexity index is 979. The summed E-state index contributed by atoms with van der Waals surface area (Å²) in [5, 5.41) is 33.1. The Morgan fingerprint density at radius 2 is 2.23 bits per heavy atom. The topological polar surface area (TPSA) is 123 Å². The van der Waals surface area contributed by atoms with Crippen LogP contribution in [-0.4, -0.2) is 39.1 Å². The maximum Gasteiger partial charge on any atom is 0.407 e. The van der Waals surface area contributed by atoms with Crippen molar-refractivity contribution in [2.45, 2.75) is 69.6 Å². The monoisotopic (exact) mass is 409 g/mol. The van der Waals surface area contributed by atoms with E-state index in [0.29, 0.717) is 18.7 Å². The minimum atomic E-state index is -1.34. The van der Waals surface area contributed by atoms with Crippen LogP contribution in [0.3, 0.4) is 0 Å². The first-order valence-corrected chi connectivity index (χ1v) is 10.4. The van der Waals surface area contributed by atoms with Crippen molar-refractivity contribution < 1.29 is 14.6 Å². The van der Waals surface area contributed by atoms with Gasteiger partial charge >= 0.3 is 6.09 Å². The molecule has 2 unspecified atom stereocenters. The van der Waals surface area contributed by atoms with E-state index < -0.39 is 5.60 Å². The molecule has 1 amide bonds. The molecule has 4 rings (SSSR count). The van der Waals surface area contributed by atoms with Crippen LogP contribution >= 0.6 is 0 Å². The van der Waals surface area contributed by atoms with Gasteiger partial charge in [-0.2, -0.15) is 10.4 Å². The number of H-pyrrole nitrogens is 1. The first-order chi connectivity index (χ1) is 14.3. The molecule has 2 aliphatic carbocycles. The van der Waals surface area contributed by atoms with Crippen LogP contribution in [-0.2, 0) is 17.6 Å². The van der Waals surface area contributed by atoms with Crippen molar-refractivity contribution in [3.8, 4) is 6.07 Å². The first kappa shape index (κ1) is 20.2. The Kier molecular flexibility index (Phi) is 5.39. The number of aromatic nitrogens is 2. The predicted octanol–water partition coefficient (Wildman–Crippen LogP) is 3.28. The van der Waals surface area contributed by atoms with Crippen molar-refractivity contribution in [2.24, 2.45) is 0 Å². The van der Waals surface area contributed by atoms with E-state index in [1.54, 1.807) is 0 Å². The standard InChI is InChI=1S/C22H27N5O3/c1-13(2)24-21(28)30-16-7-6-14(8-16)19-9-20(27-26-19)25-18-5-3-4-15-10-22(29,12-23)11-17(15)18/h3-5,9,13-14,16,29H,6-8,10-11H2,1-2H3,(H,24,28)(H2,25,26,27)/t14-,16?,22?/m0/s1. The number of alkyl carbamates (subject to hydrolysis) is 1. The van der Waals surface area contributed by atoms with Crippen LogP contribution in [0.1, 0.15) is 55.8 Å². The Morgan fingerprint density at radius 3 is 3.00 bits per heavy atom. The molecule has 1 fully saturated rings. The molecule has 3 atom stereocenters. The van der Waals surface area contributed by atoms with E-state index in [9.17, 15) is 15.2 Å². The Labute approximate surface area is 175 Å². The summed E-state index contributed by atoms with van der Waals surface area (Å²) < 4.78 is 5.51. The van der Waals surface area contributed by atoms with Crippen LogP contribution in [0.2, 0.25) is 0 Å². The smallest absolute Gasteiger partial charge is 0.407 e. The van der Waals surface area contributed by atoms with Crippen LogP contribution in [0.25, 0.3) is 0 Å². The third-order valence-electron chi connectivity index (χ3n) is 5.80. The van der Waals surface area contributed by atoms with Gasteiger partial charge in [0.05, 0.1) is 6.07 Å². The number of carbonyl (C=O) groups is 1. The molecule has 0 saturated heterocycles. The zero-order valence-corrected chi connectivity index (χ0v) is 17.2. The molecule has 158 valence electrons. The van der Waals surface area contributed by atoms with E-state index in [0.717, 1.165) is 41.8 Å². The molecule has 0 aliphatic heterocycles. The molecule has 4 N–H and O–H groups in total. The number of carbonyl (C=O) groups excluding carboxylic acids is 1. The number of nitriles is 1. The molecule has 0 spiro atoms. The van der Waals surface area contributed by atoms with Crippen LogP contribution in [0.4, 0.5) is 16.3 Å². The number of aromatic amines is 1. The fourth-order valence-electron chi connectivity index (χ4n) is 4.37. The third-order valence-corrected chi connectivity index (χ3v) is 5.80. The summed E-state index contributed by atoms with van der Waals surface area (Å²) in [7, 11) is 0. The lowest BCUT2D eigenvalue weighted by atomic mass is 10.0. The molecule has 1 saturated carbocycles. The Morgan fingerprint density at radius 1 is 1.40 bits per heavy atom. The largest absolute Gasteiger partial charge is 0.446 e. The summed E-state index contributed by atoms with van der Waals surface area (Å²) in [6.45, 7) is 3.81. The highest BCUT2D eigenvalue weighted by Gasteiger charge is 2.36. The zero-order chi connectivity index (χ0) is 21.3. The van der Waals surface area contributed by atoms with Crippen molar-refractivity contribution >= 4 is 17.6 Å². The number of anilines is 2. The highest BCUT2D eigenvalue weighted by molar-refractivity contribution is 5.67. The number of nitrogens with one attached hydrogen (secondary N) is 3. The summed E-state index contributed by atoms with van der Waals surface area (Å²) in [6.07, 6.45) is 2.72. The summed E-state index contributed by atoms with van der Waals surface area (Å²) in [4.78, 5) is 11.8. The molecule has 1 aromatic carbocycles. The number of amides is 1. The second-order valence-corrected chi connectivity index (χ2v) is 8.61. The summed E-state index contributed by atoms with van der Waals surface area (Å²) >= 11 is 0. The van der Waals surface area contributed by atoms with Gasteiger partial charge in [0.25, 0.3) is 0 Å². The van der Waals surface area contributed by atoms with E-state index in [1.807, 2.05) is 44.2 Å². The van der Waals surface area contributed by atoms with Crippen molar-refractivity contribution in [2.75, 3.05) is 5.32 Å². The van der Waals surface area contributed by atoms with Crippen LogP contribution in [0.5, 0.6) is 0 Å². The normalized spacial score (nSPS) is 25.0. The van der Waals surface area contributed by atoms with Gasteiger partial charge in [0.2, 0.25) is 0 Å². The maximum absolute atomic E-state index is 11.8. The van der Waals surface area contributed by atoms with Crippen molar-refractivity contribution in [3.63, 3.8) is 0 Å². The third kappa shape index (κ3) is 4.26. The van der Waals surface area contributed by atoms with E-state index >= 15 is 0 Å². The minimum Gasteiger partial charge on any atom is -0.446 e. The highest BCUT2D eigenvalue weighted by Crippen LogP contribution is 2.38. The average Bonchev–Trinajstić information content (AvgIpc) is 3.40. The van der Waals surface area contributed by atoms with Gasteiger partial charge in [-0.05, 0) is 50.3 Å². The zero-order valence-electron chi connectivity index (χ0n) is 17.2. The van der Waals surface area contributed by atoms with E-state index in [1.165, 1.54) is 0 Å². The SMILES string of the molecule is CC(C)NC(=O)OC1CC[C@H](c2cc(Nc3cccc4c3CC(O)(C#N)C4)n[nH]2)C1. The van der Waals surface area contributed by atoms with E-state index in [2.05, 4.69) is 20.8 Å². The van der Waals surface area contributed by atoms with Crippen LogP contribution in [0, 0.1) is 11.3 Å². The molecule has 1 heterocycles. The Balaban J connectivity index is 1.39. The molecule has 0 radical (unpaired) electrons. The number of rotatable bonds is 5. The summed E-state index contributed by atoms with van der Waals surface area (Å²) in [5.41, 5.74) is 2.47. The second-order valence-electron chi connectivity index (χ2n) is 8.61. The lowest BCUT2D eigenvalue weighted by Crippen LogP contribution is -2.33. The number of hydrogen-bond acceptors (Lipinski definition) is 6. The van der Waals surface area contributed by atoms with Gasteiger partial charge in [-0.1, -0.05) is 12.1 Å². The van der Waals surface area contributed by atoms with Crippen molar-refractivity contribution in [1.82, 2.24) is 15.5 Å². The second kappa shape index (κ2) is 8.00. The van der Waals surface area contributed by atoms with Crippen molar-refractivity contribution in [3.05, 3.63) is 41.1 Å². The van der Waals surface area contributed by atoms with Gasteiger partial charge in [-0.3, -0.25) is 5.10 Å². The number of fused-ring (bicyclic) bond motifs is 1. The van der Waals surface area contributed by atoms with E-state index in [-0.39, 0.29) is 24.2 Å². The van der Waals surface area contributed by atoms with Gasteiger partial charge < -0.3 is 20.5 Å². The Hall–Kier alpha value is -3.05. The highest BCUT2D eigenvalue weighted by atomic mass is 16.6. The molecule has 8 nitrogen and oxygen atoms in total. The molecule has 2 aliphatic rings. The predicted molar refractivity (Wildman–Crippen MR) is 111 cm³/mol. The van der Waals surface area contributed by atoms with Gasteiger partial charge in [-0.25, -0.2) is 4.79 Å². The first-order valence-electron chi connectivity index (χ1n) is 10.4. The molecular formula is C22H27N5O3. The quantitative estimate of drug-likeness (QED) is 0.562. The van der Waals surface area contributed by atoms with Gasteiger partial charge in [-0.15, -0.1) is 0 Å². The lowest BCUT2D eigenvalue weighted by Gasteiger charge is -2.14. The van der Waals surface area contributed by atoms with Crippen LogP contribution < -0.4 is 10.6 Å². The number of hydrogen-bond donors (Lipinski definition) is 4. The van der Waals surface area contributed by atoms with Gasteiger partial charge in [0.15, 0.2) is 11.4 Å². The molecule has 8 heteroatoms. The fraction of sp³-hybridized carbons (Fsp3) is 0.500. The summed E-state index contributed by atoms with van der Waals surface area (Å²) in [6, 6.07) is 9.84. The fourth-order valence-corrected chi connectivity index (χ4v) is 4.37. The number of nitrogens with zero attached hydrogens (tertiary/aromatic N) is 2. The van der Waals surface area contributed by atoms with Crippen molar-refractivity contribution in [1.29, 1.82) is 5.26 Å². The van der Waals surface area contributed by atoms with Gasteiger partial charge in [0.1, 0.15) is 6.10 Å². The van der Waals surface area contributed by atoms with Gasteiger partial charge in [0, 0.05) is 42.2 Å². The number of aliphatic hydroxyl groups is 1. The minimum absolute atomic E-state index is 0.0551. The number of ether oxygens (including phenoxy) is 1. The maximum atomic E-state index is 11.8. The van der Waals surface area contributed by atoms with Crippen LogP contribution in [0.15, 0.2) is 24.3 Å². The molecule has 2 aromatic rings.